The number of nitrogens with zero attached hydrogens (tertiary/aromatic N) is 1. The number of halogens is 2. The molecule has 0 amide bonds. The number of alkyl halides is 2. The molecule has 2 atom stereocenters. The van der Waals surface area contributed by atoms with Crippen molar-refractivity contribution in [3.05, 3.63) is 0 Å². The molecule has 0 bridgehead atoms. The second-order valence-corrected chi connectivity index (χ2v) is 6.17. The Labute approximate surface area is 116 Å². The Bertz CT molecular complexity index is 339. The predicted octanol–water partition coefficient (Wildman–Crippen LogP) is 2.57. The van der Waals surface area contributed by atoms with Gasteiger partial charge in [0.2, 0.25) is 0 Å². The van der Waals surface area contributed by atoms with E-state index in [2.05, 4.69) is 21.0 Å². The zero-order valence-electron chi connectivity index (χ0n) is 9.96. The van der Waals surface area contributed by atoms with Gasteiger partial charge in [0.1, 0.15) is 6.04 Å². The number of hydrogen-bond acceptors (Lipinski definition) is 4. The average molecular weight is 319 g/mol. The van der Waals surface area contributed by atoms with Crippen molar-refractivity contribution in [3.8, 4) is 0 Å². The number of hydrogen-bond donors (Lipinski definition) is 2. The molecule has 0 saturated carbocycles. The molecule has 1 heterocycles. The lowest BCUT2D eigenvalue weighted by Gasteiger charge is -2.31. The summed E-state index contributed by atoms with van der Waals surface area (Å²) in [4.78, 5) is 13.2. The molecule has 1 fully saturated rings. The van der Waals surface area contributed by atoms with Crippen LogP contribution in [-0.4, -0.2) is 27.9 Å². The molecule has 0 aromatic carbocycles. The third-order valence-corrected chi connectivity index (χ3v) is 4.29. The van der Waals surface area contributed by atoms with Crippen LogP contribution in [0.1, 0.15) is 32.6 Å². The van der Waals surface area contributed by atoms with E-state index in [1.807, 2.05) is 0 Å². The monoisotopic (exact) mass is 318 g/mol. The van der Waals surface area contributed by atoms with Crippen molar-refractivity contribution in [2.24, 2.45) is 10.7 Å². The van der Waals surface area contributed by atoms with Crippen LogP contribution in [0.3, 0.4) is 0 Å². The van der Waals surface area contributed by atoms with Crippen molar-refractivity contribution in [1.29, 1.82) is 0 Å². The molecule has 9 heteroatoms. The molecule has 1 aliphatic rings. The Morgan fingerprint density at radius 3 is 2.44 bits per heavy atom. The van der Waals surface area contributed by atoms with Crippen molar-refractivity contribution >= 4 is 36.9 Å². The molecule has 1 aliphatic heterocycles. The van der Waals surface area contributed by atoms with Crippen molar-refractivity contribution in [2.45, 2.75) is 49.8 Å². The number of phosphoric acid groups is 1. The molecule has 0 aliphatic carbocycles. The van der Waals surface area contributed by atoms with E-state index >= 15 is 0 Å². The molecule has 0 aromatic rings. The molecule has 6 nitrogen and oxygen atoms in total. The Morgan fingerprint density at radius 2 is 1.94 bits per heavy atom. The second kappa shape index (κ2) is 7.08. The SMILES string of the molecule is CCCCCC(N)=NC1C(Cl)OP(=O)(O)OC1Cl. The van der Waals surface area contributed by atoms with E-state index in [9.17, 15) is 4.57 Å². The Kier molecular flexibility index (Phi) is 6.38. The summed E-state index contributed by atoms with van der Waals surface area (Å²) < 4.78 is 20.3. The first-order valence-electron chi connectivity index (χ1n) is 5.65. The maximum absolute atomic E-state index is 11.2. The summed E-state index contributed by atoms with van der Waals surface area (Å²) >= 11 is 11.6. The van der Waals surface area contributed by atoms with Crippen molar-refractivity contribution in [3.63, 3.8) is 0 Å². The standard InChI is InChI=1S/C9H17Cl2N2O4P/c1-2-3-4-5-6(12)13-7-8(10)16-18(14,15)17-9(7)11/h7-9H,2-5H2,1H3,(H2,12,13)(H,14,15). The minimum atomic E-state index is -4.18. The van der Waals surface area contributed by atoms with Gasteiger partial charge in [-0.3, -0.25) is 14.0 Å². The van der Waals surface area contributed by atoms with E-state index in [0.717, 1.165) is 19.3 Å². The molecular formula is C9H17Cl2N2O4P. The smallest absolute Gasteiger partial charge is 0.387 e. The highest BCUT2D eigenvalue weighted by atomic mass is 35.5. The molecule has 18 heavy (non-hydrogen) atoms. The van der Waals surface area contributed by atoms with Crippen LogP contribution >= 0.6 is 31.0 Å². The highest BCUT2D eigenvalue weighted by molar-refractivity contribution is 7.47. The van der Waals surface area contributed by atoms with Gasteiger partial charge in [-0.25, -0.2) is 4.57 Å². The zero-order valence-corrected chi connectivity index (χ0v) is 12.4. The van der Waals surface area contributed by atoms with Gasteiger partial charge in [-0.1, -0.05) is 43.0 Å². The van der Waals surface area contributed by atoms with Crippen molar-refractivity contribution in [1.82, 2.24) is 0 Å². The molecule has 3 N–H and O–H groups in total. The minimum Gasteiger partial charge on any atom is -0.387 e. The fourth-order valence-corrected chi connectivity index (χ4v) is 3.32. The average Bonchev–Trinajstić information content (AvgIpc) is 2.22. The minimum absolute atomic E-state index is 0.381. The van der Waals surface area contributed by atoms with Gasteiger partial charge in [-0.15, -0.1) is 0 Å². The van der Waals surface area contributed by atoms with Gasteiger partial charge in [-0.2, -0.15) is 0 Å². The summed E-state index contributed by atoms with van der Waals surface area (Å²) in [6.45, 7) is 2.08. The molecule has 0 aromatic heterocycles. The van der Waals surface area contributed by atoms with Gasteiger partial charge in [-0.05, 0) is 6.42 Å². The van der Waals surface area contributed by atoms with E-state index in [4.69, 9.17) is 33.8 Å². The van der Waals surface area contributed by atoms with Crippen LogP contribution in [0, 0.1) is 0 Å². The summed E-state index contributed by atoms with van der Waals surface area (Å²) in [5, 5.41) is 0. The fraction of sp³-hybridized carbons (Fsp3) is 0.889. The molecule has 2 unspecified atom stereocenters. The molecule has 106 valence electrons. The largest absolute Gasteiger partial charge is 0.475 e. The molecule has 1 saturated heterocycles. The number of unbranched alkanes of at least 4 members (excludes halogenated alkanes) is 2. The van der Waals surface area contributed by atoms with E-state index in [0.29, 0.717) is 12.3 Å². The predicted molar refractivity (Wildman–Crippen MR) is 70.8 cm³/mol. The second-order valence-electron chi connectivity index (χ2n) is 3.95. The number of phosphoric ester groups is 1. The van der Waals surface area contributed by atoms with Gasteiger partial charge in [0.15, 0.2) is 11.1 Å². The summed E-state index contributed by atoms with van der Waals surface area (Å²) in [5.74, 6) is 0.381. The lowest BCUT2D eigenvalue weighted by Crippen LogP contribution is -2.38. The van der Waals surface area contributed by atoms with Crippen molar-refractivity contribution in [2.75, 3.05) is 0 Å². The molecule has 0 spiro atoms. The van der Waals surface area contributed by atoms with Gasteiger partial charge in [0.05, 0.1) is 5.84 Å². The maximum Gasteiger partial charge on any atom is 0.475 e. The van der Waals surface area contributed by atoms with Crippen LogP contribution in [-0.2, 0) is 13.6 Å². The van der Waals surface area contributed by atoms with Gasteiger partial charge in [0.25, 0.3) is 0 Å². The first-order chi connectivity index (χ1) is 8.35. The Balaban J connectivity index is 2.60. The summed E-state index contributed by atoms with van der Waals surface area (Å²) in [7, 11) is -4.18. The summed E-state index contributed by atoms with van der Waals surface area (Å²) in [6.07, 6.45) is 3.66. The third kappa shape index (κ3) is 5.03. The van der Waals surface area contributed by atoms with Crippen molar-refractivity contribution < 1.29 is 18.5 Å². The first-order valence-corrected chi connectivity index (χ1v) is 8.02. The van der Waals surface area contributed by atoms with Gasteiger partial charge < -0.3 is 10.6 Å². The number of aliphatic imine (C=N–C) groups is 1. The molecule has 1 rings (SSSR count). The first kappa shape index (κ1) is 16.2. The molecule has 0 radical (unpaired) electrons. The quantitative estimate of drug-likeness (QED) is 0.267. The van der Waals surface area contributed by atoms with E-state index < -0.39 is 25.0 Å². The summed E-state index contributed by atoms with van der Waals surface area (Å²) in [6, 6.07) is -0.802. The van der Waals surface area contributed by atoms with Crippen LogP contribution in [0.4, 0.5) is 0 Å². The van der Waals surface area contributed by atoms with Crippen LogP contribution in [0.25, 0.3) is 0 Å². The number of rotatable bonds is 5. The fourth-order valence-electron chi connectivity index (χ4n) is 1.45. The highest BCUT2D eigenvalue weighted by Crippen LogP contribution is 2.52. The lowest BCUT2D eigenvalue weighted by molar-refractivity contribution is 0.0508. The lowest BCUT2D eigenvalue weighted by atomic mass is 10.2. The van der Waals surface area contributed by atoms with Gasteiger partial charge >= 0.3 is 7.82 Å². The topological polar surface area (TPSA) is 94.1 Å². The van der Waals surface area contributed by atoms with Crippen LogP contribution < -0.4 is 5.73 Å². The third-order valence-electron chi connectivity index (χ3n) is 2.36. The van der Waals surface area contributed by atoms with Crippen LogP contribution in [0.2, 0.25) is 0 Å². The highest BCUT2D eigenvalue weighted by Gasteiger charge is 2.44. The van der Waals surface area contributed by atoms with E-state index in [-0.39, 0.29) is 0 Å². The number of nitrogens with two attached hydrogens (primary N) is 1. The normalized spacial score (nSPS) is 37.8. The van der Waals surface area contributed by atoms with Gasteiger partial charge in [0, 0.05) is 6.42 Å². The van der Waals surface area contributed by atoms with Crippen LogP contribution in [0.15, 0.2) is 4.99 Å². The zero-order chi connectivity index (χ0) is 13.8. The maximum atomic E-state index is 11.2. The van der Waals surface area contributed by atoms with E-state index in [1.54, 1.807) is 0 Å². The summed E-state index contributed by atoms with van der Waals surface area (Å²) in [5.41, 5.74) is 3.45. The number of amidine groups is 1. The Hall–Kier alpha value is 0.160. The van der Waals surface area contributed by atoms with E-state index in [1.165, 1.54) is 0 Å². The van der Waals surface area contributed by atoms with Crippen LogP contribution in [0.5, 0.6) is 0 Å². The Morgan fingerprint density at radius 1 is 1.39 bits per heavy atom. The molecular weight excluding hydrogens is 302 g/mol.